The largest absolute Gasteiger partial charge is 0.505 e. The Labute approximate surface area is 83.0 Å². The summed E-state index contributed by atoms with van der Waals surface area (Å²) in [4.78, 5) is 0. The number of hydrogen-bond acceptors (Lipinski definition) is 2. The topological polar surface area (TPSA) is 40.5 Å². The van der Waals surface area contributed by atoms with Crippen molar-refractivity contribution in [2.24, 2.45) is 0 Å². The number of aliphatic hydroxyl groups excluding tert-OH is 1. The van der Waals surface area contributed by atoms with Crippen molar-refractivity contribution >= 4 is 0 Å². The fraction of sp³-hybridized carbons (Fsp3) is 0.455. The molecule has 0 aliphatic rings. The number of aryl methyl sites for hydroxylation is 1. The van der Waals surface area contributed by atoms with Gasteiger partial charge in [-0.15, -0.1) is 0 Å². The van der Waals surface area contributed by atoms with Crippen molar-refractivity contribution in [3.8, 4) is 5.75 Å². The molecule has 0 radical (unpaired) electrons. The Kier molecular flexibility index (Phi) is 2.81. The zero-order chi connectivity index (χ0) is 10.9. The van der Waals surface area contributed by atoms with Gasteiger partial charge in [0.2, 0.25) is 0 Å². The molecule has 0 spiro atoms. The molecule has 2 N–H and O–H groups in total. The summed E-state index contributed by atoms with van der Waals surface area (Å²) in [6, 6.07) is 2.82. The van der Waals surface area contributed by atoms with Gasteiger partial charge in [0.05, 0.1) is 6.61 Å². The molecule has 78 valence electrons. The molecule has 0 fully saturated rings. The van der Waals surface area contributed by atoms with E-state index in [1.54, 1.807) is 26.8 Å². The van der Waals surface area contributed by atoms with Crippen LogP contribution in [-0.2, 0) is 5.41 Å². The van der Waals surface area contributed by atoms with Crippen LogP contribution in [0.25, 0.3) is 0 Å². The average molecular weight is 198 g/mol. The van der Waals surface area contributed by atoms with E-state index in [2.05, 4.69) is 0 Å². The van der Waals surface area contributed by atoms with Crippen LogP contribution < -0.4 is 0 Å². The van der Waals surface area contributed by atoms with Gasteiger partial charge in [-0.3, -0.25) is 0 Å². The average Bonchev–Trinajstić information content (AvgIpc) is 2.12. The van der Waals surface area contributed by atoms with Gasteiger partial charge in [-0.05, 0) is 18.6 Å². The maximum absolute atomic E-state index is 13.1. The molecule has 0 aliphatic heterocycles. The predicted octanol–water partition coefficient (Wildman–Crippen LogP) is 2.11. The molecular weight excluding hydrogens is 183 g/mol. The van der Waals surface area contributed by atoms with E-state index in [9.17, 15) is 9.50 Å². The van der Waals surface area contributed by atoms with Crippen LogP contribution in [0.5, 0.6) is 5.75 Å². The molecule has 1 aromatic rings. The summed E-state index contributed by atoms with van der Waals surface area (Å²) in [7, 11) is 0. The Morgan fingerprint density at radius 1 is 1.36 bits per heavy atom. The third-order valence-electron chi connectivity index (χ3n) is 2.41. The van der Waals surface area contributed by atoms with Crippen molar-refractivity contribution in [3.05, 3.63) is 29.1 Å². The zero-order valence-corrected chi connectivity index (χ0v) is 8.63. The first-order valence-electron chi connectivity index (χ1n) is 4.49. The molecule has 0 saturated carbocycles. The van der Waals surface area contributed by atoms with Crippen LogP contribution in [0.2, 0.25) is 0 Å². The third-order valence-corrected chi connectivity index (χ3v) is 2.41. The maximum Gasteiger partial charge on any atom is 0.165 e. The van der Waals surface area contributed by atoms with Crippen LogP contribution in [0.4, 0.5) is 4.39 Å². The van der Waals surface area contributed by atoms with Crippen LogP contribution in [0.1, 0.15) is 25.0 Å². The summed E-state index contributed by atoms with van der Waals surface area (Å²) in [5.41, 5.74) is 0.624. The number of aromatic hydroxyl groups is 1. The van der Waals surface area contributed by atoms with E-state index in [-0.39, 0.29) is 12.4 Å². The van der Waals surface area contributed by atoms with Gasteiger partial charge >= 0.3 is 0 Å². The second-order valence-corrected chi connectivity index (χ2v) is 4.13. The number of rotatable bonds is 2. The van der Waals surface area contributed by atoms with Crippen molar-refractivity contribution in [2.45, 2.75) is 26.2 Å². The lowest BCUT2D eigenvalue weighted by Crippen LogP contribution is -2.23. The van der Waals surface area contributed by atoms with E-state index in [4.69, 9.17) is 5.11 Å². The molecule has 0 saturated heterocycles. The highest BCUT2D eigenvalue weighted by atomic mass is 19.1. The molecule has 0 atom stereocenters. The summed E-state index contributed by atoms with van der Waals surface area (Å²) < 4.78 is 13.1. The van der Waals surface area contributed by atoms with Gasteiger partial charge in [-0.25, -0.2) is 4.39 Å². The fourth-order valence-corrected chi connectivity index (χ4v) is 1.60. The molecule has 2 nitrogen and oxygen atoms in total. The number of phenolic OH excluding ortho intramolecular Hbond substituents is 1. The molecule has 0 heterocycles. The van der Waals surface area contributed by atoms with Crippen molar-refractivity contribution in [2.75, 3.05) is 6.61 Å². The second kappa shape index (κ2) is 3.58. The number of aliphatic hydroxyl groups is 1. The highest BCUT2D eigenvalue weighted by Gasteiger charge is 2.26. The Hall–Kier alpha value is -1.09. The van der Waals surface area contributed by atoms with Crippen LogP contribution in [0, 0.1) is 12.7 Å². The Bertz CT molecular complexity index is 345. The Balaban J connectivity index is 3.40. The monoisotopic (exact) mass is 198 g/mol. The van der Waals surface area contributed by atoms with E-state index in [0.29, 0.717) is 5.56 Å². The highest BCUT2D eigenvalue weighted by Crippen LogP contribution is 2.35. The Morgan fingerprint density at radius 2 is 1.93 bits per heavy atom. The summed E-state index contributed by atoms with van der Waals surface area (Å²) in [5, 5.41) is 18.7. The third kappa shape index (κ3) is 1.73. The van der Waals surface area contributed by atoms with Gasteiger partial charge in [0.25, 0.3) is 0 Å². The van der Waals surface area contributed by atoms with E-state index in [1.165, 1.54) is 6.07 Å². The van der Waals surface area contributed by atoms with E-state index >= 15 is 0 Å². The lowest BCUT2D eigenvalue weighted by Gasteiger charge is -2.25. The van der Waals surface area contributed by atoms with E-state index in [0.717, 1.165) is 5.56 Å². The molecular formula is C11H15FO2. The molecule has 0 aromatic heterocycles. The molecule has 0 aliphatic carbocycles. The fourth-order valence-electron chi connectivity index (χ4n) is 1.60. The van der Waals surface area contributed by atoms with Crippen LogP contribution in [0.15, 0.2) is 12.1 Å². The van der Waals surface area contributed by atoms with Crippen molar-refractivity contribution in [1.29, 1.82) is 0 Å². The maximum atomic E-state index is 13.1. The first-order chi connectivity index (χ1) is 6.40. The molecule has 0 bridgehead atoms. The predicted molar refractivity (Wildman–Crippen MR) is 52.9 cm³/mol. The van der Waals surface area contributed by atoms with Gasteiger partial charge in [-0.2, -0.15) is 0 Å². The van der Waals surface area contributed by atoms with Gasteiger partial charge in [0, 0.05) is 11.0 Å². The van der Waals surface area contributed by atoms with Crippen LogP contribution >= 0.6 is 0 Å². The summed E-state index contributed by atoms with van der Waals surface area (Å²) in [6.07, 6.45) is 0. The quantitative estimate of drug-likeness (QED) is 0.764. The SMILES string of the molecule is Cc1ccc(F)c(O)c1C(C)(C)CO. The smallest absolute Gasteiger partial charge is 0.165 e. The van der Waals surface area contributed by atoms with Gasteiger partial charge < -0.3 is 10.2 Å². The van der Waals surface area contributed by atoms with E-state index in [1.807, 2.05) is 0 Å². The first-order valence-corrected chi connectivity index (χ1v) is 4.49. The summed E-state index contributed by atoms with van der Waals surface area (Å²) in [6.45, 7) is 5.17. The van der Waals surface area contributed by atoms with Gasteiger partial charge in [-0.1, -0.05) is 19.9 Å². The van der Waals surface area contributed by atoms with Gasteiger partial charge in [0.1, 0.15) is 0 Å². The second-order valence-electron chi connectivity index (χ2n) is 4.13. The molecule has 0 unspecified atom stereocenters. The lowest BCUT2D eigenvalue weighted by atomic mass is 9.82. The lowest BCUT2D eigenvalue weighted by molar-refractivity contribution is 0.214. The van der Waals surface area contributed by atoms with Gasteiger partial charge in [0.15, 0.2) is 11.6 Å². The van der Waals surface area contributed by atoms with Crippen molar-refractivity contribution in [3.63, 3.8) is 0 Å². The van der Waals surface area contributed by atoms with Crippen LogP contribution in [0.3, 0.4) is 0 Å². The van der Waals surface area contributed by atoms with E-state index < -0.39 is 11.2 Å². The first kappa shape index (κ1) is 11.0. The van der Waals surface area contributed by atoms with Crippen molar-refractivity contribution in [1.82, 2.24) is 0 Å². The number of benzene rings is 1. The standard InChI is InChI=1S/C11H15FO2/c1-7-4-5-8(12)10(14)9(7)11(2,3)6-13/h4-5,13-14H,6H2,1-3H3. The molecule has 3 heteroatoms. The molecule has 0 amide bonds. The number of halogens is 1. The minimum Gasteiger partial charge on any atom is -0.505 e. The summed E-state index contributed by atoms with van der Waals surface area (Å²) in [5.74, 6) is -1.00. The molecule has 1 aromatic carbocycles. The molecule has 1 rings (SSSR count). The zero-order valence-electron chi connectivity index (χ0n) is 8.63. The minimum atomic E-state index is -0.646. The van der Waals surface area contributed by atoms with Crippen molar-refractivity contribution < 1.29 is 14.6 Å². The molecule has 14 heavy (non-hydrogen) atoms. The number of phenols is 1. The summed E-state index contributed by atoms with van der Waals surface area (Å²) >= 11 is 0. The normalized spacial score (nSPS) is 11.8. The number of hydrogen-bond donors (Lipinski definition) is 2. The minimum absolute atomic E-state index is 0.134. The Morgan fingerprint density at radius 3 is 2.43 bits per heavy atom. The van der Waals surface area contributed by atoms with Crippen LogP contribution in [-0.4, -0.2) is 16.8 Å². The highest BCUT2D eigenvalue weighted by molar-refractivity contribution is 5.44.